The van der Waals surface area contributed by atoms with Crippen molar-refractivity contribution in [2.75, 3.05) is 37.6 Å². The fourth-order valence-electron chi connectivity index (χ4n) is 6.24. The van der Waals surface area contributed by atoms with Crippen LogP contribution >= 0.6 is 0 Å². The predicted octanol–water partition coefficient (Wildman–Crippen LogP) is 2.38. The Kier molecular flexibility index (Phi) is 6.25. The summed E-state index contributed by atoms with van der Waals surface area (Å²) in [7, 11) is 0. The molecule has 0 bridgehead atoms. The standard InChI is InChI=1S/C26H34N6O2/c1-19(33)29-26-17-30(16-22-10-12-27-25(28-22)31-13-6-7-14-31)15-11-23(26)24(32(18-26)20(2)34)21-8-4-3-5-9-21/h3-5,8-10,12,23-24H,6-7,11,13-18H2,1-2H3,(H,29,33)/t23-,24-,26-/m1/s1. The van der Waals surface area contributed by atoms with Crippen molar-refractivity contribution < 1.29 is 9.59 Å². The Labute approximate surface area is 201 Å². The quantitative estimate of drug-likeness (QED) is 0.735. The molecule has 3 aliphatic heterocycles. The first-order valence-electron chi connectivity index (χ1n) is 12.4. The number of carbonyl (C=O) groups is 2. The van der Waals surface area contributed by atoms with Gasteiger partial charge in [0, 0.05) is 58.7 Å². The van der Waals surface area contributed by atoms with Crippen molar-refractivity contribution in [3.05, 3.63) is 53.9 Å². The summed E-state index contributed by atoms with van der Waals surface area (Å²) in [5.74, 6) is 0.965. The third-order valence-electron chi connectivity index (χ3n) is 7.59. The van der Waals surface area contributed by atoms with Crippen molar-refractivity contribution in [1.82, 2.24) is 25.1 Å². The van der Waals surface area contributed by atoms with Crippen LogP contribution in [0.25, 0.3) is 0 Å². The summed E-state index contributed by atoms with van der Waals surface area (Å²) in [6, 6.07) is 12.2. The van der Waals surface area contributed by atoms with Gasteiger partial charge in [-0.2, -0.15) is 0 Å². The van der Waals surface area contributed by atoms with Crippen LogP contribution in [0.2, 0.25) is 0 Å². The van der Waals surface area contributed by atoms with Gasteiger partial charge in [0.25, 0.3) is 0 Å². The first-order chi connectivity index (χ1) is 16.4. The molecule has 0 spiro atoms. The van der Waals surface area contributed by atoms with Gasteiger partial charge in [0.2, 0.25) is 17.8 Å². The summed E-state index contributed by atoms with van der Waals surface area (Å²) in [6.45, 7) is 8.04. The van der Waals surface area contributed by atoms with Crippen LogP contribution < -0.4 is 10.2 Å². The SMILES string of the molecule is CC(=O)N[C@@]12CN(Cc3ccnc(N4CCCC4)n3)CC[C@@H]1[C@@H](c1ccccc1)N(C(C)=O)C2. The zero-order chi connectivity index (χ0) is 23.7. The van der Waals surface area contributed by atoms with Crippen LogP contribution in [0.5, 0.6) is 0 Å². The molecular formula is C26H34N6O2. The maximum Gasteiger partial charge on any atom is 0.225 e. The van der Waals surface area contributed by atoms with Crippen LogP contribution in [-0.4, -0.2) is 69.8 Å². The predicted molar refractivity (Wildman–Crippen MR) is 130 cm³/mol. The van der Waals surface area contributed by atoms with E-state index in [0.29, 0.717) is 19.6 Å². The summed E-state index contributed by atoms with van der Waals surface area (Å²) in [5, 5.41) is 3.30. The van der Waals surface area contributed by atoms with E-state index in [-0.39, 0.29) is 23.8 Å². The van der Waals surface area contributed by atoms with Gasteiger partial charge in [-0.1, -0.05) is 30.3 Å². The minimum atomic E-state index is -0.485. The second-order valence-corrected chi connectivity index (χ2v) is 9.99. The van der Waals surface area contributed by atoms with E-state index in [9.17, 15) is 9.59 Å². The zero-order valence-electron chi connectivity index (χ0n) is 20.1. The molecule has 2 aromatic rings. The Morgan fingerprint density at radius 1 is 1.06 bits per heavy atom. The fourth-order valence-corrected chi connectivity index (χ4v) is 6.24. The van der Waals surface area contributed by atoms with E-state index in [1.165, 1.54) is 12.8 Å². The molecule has 0 radical (unpaired) electrons. The van der Waals surface area contributed by atoms with E-state index in [1.54, 1.807) is 13.8 Å². The molecule has 1 aromatic heterocycles. The van der Waals surface area contributed by atoms with Gasteiger partial charge in [-0.15, -0.1) is 0 Å². The summed E-state index contributed by atoms with van der Waals surface area (Å²) in [6.07, 6.45) is 5.13. The summed E-state index contributed by atoms with van der Waals surface area (Å²) in [4.78, 5) is 41.0. The van der Waals surface area contributed by atoms with Crippen LogP contribution in [0.15, 0.2) is 42.6 Å². The minimum absolute atomic E-state index is 0.0338. The molecular weight excluding hydrogens is 428 g/mol. The molecule has 1 N–H and O–H groups in total. The topological polar surface area (TPSA) is 81.7 Å². The van der Waals surface area contributed by atoms with Crippen molar-refractivity contribution in [1.29, 1.82) is 0 Å². The number of piperidine rings is 1. The zero-order valence-corrected chi connectivity index (χ0v) is 20.1. The number of hydrogen-bond donors (Lipinski definition) is 1. The van der Waals surface area contributed by atoms with Gasteiger partial charge in [-0.3, -0.25) is 14.5 Å². The lowest BCUT2D eigenvalue weighted by Gasteiger charge is -2.45. The number of fused-ring (bicyclic) bond motifs is 1. The fraction of sp³-hybridized carbons (Fsp3) is 0.538. The molecule has 3 saturated heterocycles. The number of rotatable bonds is 5. The third-order valence-corrected chi connectivity index (χ3v) is 7.59. The number of nitrogens with zero attached hydrogens (tertiary/aromatic N) is 5. The number of carbonyl (C=O) groups excluding carboxylic acids is 2. The second-order valence-electron chi connectivity index (χ2n) is 9.99. The first kappa shape index (κ1) is 22.8. The van der Waals surface area contributed by atoms with Crippen molar-refractivity contribution in [2.24, 2.45) is 5.92 Å². The van der Waals surface area contributed by atoms with Crippen LogP contribution in [0.1, 0.15) is 50.4 Å². The lowest BCUT2D eigenvalue weighted by Crippen LogP contribution is -2.63. The number of benzene rings is 1. The molecule has 4 heterocycles. The Morgan fingerprint density at radius 2 is 1.82 bits per heavy atom. The van der Waals surface area contributed by atoms with E-state index >= 15 is 0 Å². The lowest BCUT2D eigenvalue weighted by molar-refractivity contribution is -0.130. The molecule has 8 heteroatoms. The minimum Gasteiger partial charge on any atom is -0.347 e. The molecule has 3 aliphatic rings. The van der Waals surface area contributed by atoms with Gasteiger partial charge < -0.3 is 15.1 Å². The summed E-state index contributed by atoms with van der Waals surface area (Å²) < 4.78 is 0. The molecule has 180 valence electrons. The highest BCUT2D eigenvalue weighted by Gasteiger charge is 2.56. The Morgan fingerprint density at radius 3 is 2.53 bits per heavy atom. The van der Waals surface area contributed by atoms with Crippen LogP contribution in [0.3, 0.4) is 0 Å². The highest BCUT2D eigenvalue weighted by molar-refractivity contribution is 5.77. The monoisotopic (exact) mass is 462 g/mol. The first-order valence-corrected chi connectivity index (χ1v) is 12.4. The van der Waals surface area contributed by atoms with Crippen LogP contribution in [0, 0.1) is 5.92 Å². The molecule has 34 heavy (non-hydrogen) atoms. The molecule has 0 saturated carbocycles. The highest BCUT2D eigenvalue weighted by Crippen LogP contribution is 2.47. The Balaban J connectivity index is 1.40. The molecule has 3 fully saturated rings. The normalized spacial score (nSPS) is 27.0. The van der Waals surface area contributed by atoms with Gasteiger partial charge in [0.1, 0.15) is 0 Å². The number of likely N-dealkylation sites (tertiary alicyclic amines) is 2. The van der Waals surface area contributed by atoms with Crippen molar-refractivity contribution in [2.45, 2.75) is 51.2 Å². The maximum atomic E-state index is 12.7. The van der Waals surface area contributed by atoms with Gasteiger partial charge in [0.05, 0.1) is 17.3 Å². The lowest BCUT2D eigenvalue weighted by atomic mass is 9.75. The largest absolute Gasteiger partial charge is 0.347 e. The van der Waals surface area contributed by atoms with Gasteiger partial charge in [-0.05, 0) is 37.4 Å². The highest BCUT2D eigenvalue weighted by atomic mass is 16.2. The van der Waals surface area contributed by atoms with Crippen LogP contribution in [0.4, 0.5) is 5.95 Å². The van der Waals surface area contributed by atoms with Crippen molar-refractivity contribution in [3.63, 3.8) is 0 Å². The van der Waals surface area contributed by atoms with Gasteiger partial charge in [0.15, 0.2) is 0 Å². The molecule has 0 unspecified atom stereocenters. The molecule has 0 aliphatic carbocycles. The number of hydrogen-bond acceptors (Lipinski definition) is 6. The van der Waals surface area contributed by atoms with E-state index in [2.05, 4.69) is 32.2 Å². The average molecular weight is 463 g/mol. The molecule has 1 aromatic carbocycles. The molecule has 3 atom stereocenters. The number of aromatic nitrogens is 2. The van der Waals surface area contributed by atoms with Crippen molar-refractivity contribution >= 4 is 17.8 Å². The molecule has 5 rings (SSSR count). The summed E-state index contributed by atoms with van der Waals surface area (Å²) in [5.41, 5.74) is 1.64. The third kappa shape index (κ3) is 4.39. The maximum absolute atomic E-state index is 12.7. The van der Waals surface area contributed by atoms with Gasteiger partial charge >= 0.3 is 0 Å². The smallest absolute Gasteiger partial charge is 0.225 e. The van der Waals surface area contributed by atoms with E-state index < -0.39 is 5.54 Å². The Bertz CT molecular complexity index is 1040. The average Bonchev–Trinajstić information content (AvgIpc) is 3.46. The molecule has 8 nitrogen and oxygen atoms in total. The van der Waals surface area contributed by atoms with Crippen LogP contribution in [-0.2, 0) is 16.1 Å². The second kappa shape index (κ2) is 9.33. The van der Waals surface area contributed by atoms with E-state index in [0.717, 1.165) is 43.3 Å². The van der Waals surface area contributed by atoms with E-state index in [1.807, 2.05) is 35.4 Å². The van der Waals surface area contributed by atoms with Crippen molar-refractivity contribution in [3.8, 4) is 0 Å². The molecule has 2 amide bonds. The number of amides is 2. The Hall–Kier alpha value is -3.00. The number of nitrogens with one attached hydrogen (secondary N) is 1. The van der Waals surface area contributed by atoms with E-state index in [4.69, 9.17) is 4.98 Å². The number of anilines is 1. The van der Waals surface area contributed by atoms with Gasteiger partial charge in [-0.25, -0.2) is 9.97 Å². The summed E-state index contributed by atoms with van der Waals surface area (Å²) >= 11 is 0.